The van der Waals surface area contributed by atoms with Crippen LogP contribution in [0.25, 0.3) is 10.2 Å². The summed E-state index contributed by atoms with van der Waals surface area (Å²) in [4.78, 5) is 15.6. The highest BCUT2D eigenvalue weighted by Crippen LogP contribution is 2.23. The van der Waals surface area contributed by atoms with Crippen molar-refractivity contribution in [1.29, 1.82) is 0 Å². The van der Waals surface area contributed by atoms with Gasteiger partial charge in [0.2, 0.25) is 5.91 Å². The van der Waals surface area contributed by atoms with Gasteiger partial charge in [0.25, 0.3) is 0 Å². The average molecular weight is 261 g/mol. The molecule has 1 aliphatic rings. The van der Waals surface area contributed by atoms with Gasteiger partial charge in [-0.15, -0.1) is 11.3 Å². The monoisotopic (exact) mass is 261 g/mol. The first kappa shape index (κ1) is 11.6. The maximum absolute atomic E-state index is 11.1. The van der Waals surface area contributed by atoms with Crippen molar-refractivity contribution < 1.29 is 4.79 Å². The predicted molar refractivity (Wildman–Crippen MR) is 72.6 cm³/mol. The van der Waals surface area contributed by atoms with Gasteiger partial charge in [0.15, 0.2) is 0 Å². The highest BCUT2D eigenvalue weighted by atomic mass is 32.1. The van der Waals surface area contributed by atoms with E-state index in [1.54, 1.807) is 11.3 Å². The Morgan fingerprint density at radius 2 is 2.50 bits per heavy atom. The van der Waals surface area contributed by atoms with Crippen molar-refractivity contribution in [2.75, 3.05) is 6.54 Å². The number of hydrogen-bond acceptors (Lipinski definition) is 4. The molecule has 2 N–H and O–H groups in total. The zero-order valence-corrected chi connectivity index (χ0v) is 11.0. The van der Waals surface area contributed by atoms with Gasteiger partial charge < -0.3 is 10.6 Å². The molecule has 0 spiro atoms. The number of aromatic nitrogens is 1. The molecule has 0 saturated carbocycles. The second kappa shape index (κ2) is 4.66. The van der Waals surface area contributed by atoms with E-state index in [4.69, 9.17) is 0 Å². The fourth-order valence-electron chi connectivity index (χ4n) is 2.27. The van der Waals surface area contributed by atoms with Crippen LogP contribution in [0.3, 0.4) is 0 Å². The van der Waals surface area contributed by atoms with Gasteiger partial charge >= 0.3 is 0 Å². The quantitative estimate of drug-likeness (QED) is 0.886. The largest absolute Gasteiger partial charge is 0.354 e. The summed E-state index contributed by atoms with van der Waals surface area (Å²) in [5, 5.41) is 8.36. The van der Waals surface area contributed by atoms with E-state index in [-0.39, 0.29) is 18.0 Å². The standard InChI is InChI=1S/C13H15N3OS/c1-8(16-10-5-13(17)15-7-10)9-4-12-11(14-6-9)2-3-18-12/h2-4,6,8,10,16H,5,7H2,1H3,(H,15,17). The van der Waals surface area contributed by atoms with Crippen LogP contribution in [0.5, 0.6) is 0 Å². The van der Waals surface area contributed by atoms with Crippen molar-refractivity contribution in [3.63, 3.8) is 0 Å². The van der Waals surface area contributed by atoms with Crippen molar-refractivity contribution in [1.82, 2.24) is 15.6 Å². The van der Waals surface area contributed by atoms with Gasteiger partial charge in [0.1, 0.15) is 0 Å². The number of nitrogens with zero attached hydrogens (tertiary/aromatic N) is 1. The van der Waals surface area contributed by atoms with Crippen LogP contribution in [-0.2, 0) is 4.79 Å². The number of carbonyl (C=O) groups is 1. The molecule has 18 heavy (non-hydrogen) atoms. The van der Waals surface area contributed by atoms with Crippen LogP contribution in [0.1, 0.15) is 24.9 Å². The number of nitrogens with one attached hydrogen (secondary N) is 2. The molecule has 3 rings (SSSR count). The number of rotatable bonds is 3. The van der Waals surface area contributed by atoms with Crippen molar-refractivity contribution in [2.24, 2.45) is 0 Å². The van der Waals surface area contributed by atoms with Gasteiger partial charge in [-0.2, -0.15) is 0 Å². The normalized spacial score (nSPS) is 21.2. The van der Waals surface area contributed by atoms with Crippen molar-refractivity contribution in [3.05, 3.63) is 29.3 Å². The first-order chi connectivity index (χ1) is 8.72. The Labute approximate surface area is 109 Å². The molecule has 1 aliphatic heterocycles. The summed E-state index contributed by atoms with van der Waals surface area (Å²) in [5.74, 6) is 0.131. The maximum Gasteiger partial charge on any atom is 0.221 e. The molecule has 1 amide bonds. The fraction of sp³-hybridized carbons (Fsp3) is 0.385. The molecule has 2 atom stereocenters. The first-order valence-electron chi connectivity index (χ1n) is 6.08. The minimum absolute atomic E-state index is 0.131. The number of pyridine rings is 1. The summed E-state index contributed by atoms with van der Waals surface area (Å²) in [6.07, 6.45) is 2.48. The molecule has 1 fully saturated rings. The topological polar surface area (TPSA) is 54.0 Å². The van der Waals surface area contributed by atoms with Crippen LogP contribution >= 0.6 is 11.3 Å². The Morgan fingerprint density at radius 1 is 1.61 bits per heavy atom. The molecule has 0 radical (unpaired) electrons. The van der Waals surface area contributed by atoms with Crippen LogP contribution < -0.4 is 10.6 Å². The Hall–Kier alpha value is -1.46. The third kappa shape index (κ3) is 2.23. The predicted octanol–water partition coefficient (Wildman–Crippen LogP) is 1.84. The lowest BCUT2D eigenvalue weighted by atomic mass is 10.1. The molecule has 0 aromatic carbocycles. The Morgan fingerprint density at radius 3 is 3.28 bits per heavy atom. The zero-order chi connectivity index (χ0) is 12.5. The number of fused-ring (bicyclic) bond motifs is 1. The number of amides is 1. The van der Waals surface area contributed by atoms with E-state index in [1.165, 1.54) is 10.3 Å². The molecule has 1 saturated heterocycles. The van der Waals surface area contributed by atoms with Crippen LogP contribution in [0.4, 0.5) is 0 Å². The molecule has 2 aromatic rings. The summed E-state index contributed by atoms with van der Waals surface area (Å²) in [6.45, 7) is 2.83. The smallest absolute Gasteiger partial charge is 0.221 e. The molecule has 2 unspecified atom stereocenters. The van der Waals surface area contributed by atoms with E-state index in [0.29, 0.717) is 6.42 Å². The molecule has 4 nitrogen and oxygen atoms in total. The second-order valence-electron chi connectivity index (χ2n) is 4.67. The van der Waals surface area contributed by atoms with E-state index in [9.17, 15) is 4.79 Å². The molecular weight excluding hydrogens is 246 g/mol. The Bertz CT molecular complexity index is 580. The maximum atomic E-state index is 11.1. The third-order valence-corrected chi connectivity index (χ3v) is 4.14. The minimum Gasteiger partial charge on any atom is -0.354 e. The van der Waals surface area contributed by atoms with Gasteiger partial charge in [-0.05, 0) is 30.0 Å². The minimum atomic E-state index is 0.131. The molecule has 3 heterocycles. The van der Waals surface area contributed by atoms with Gasteiger partial charge in [-0.3, -0.25) is 9.78 Å². The molecule has 94 valence electrons. The van der Waals surface area contributed by atoms with E-state index in [2.05, 4.69) is 34.0 Å². The van der Waals surface area contributed by atoms with Crippen molar-refractivity contribution in [3.8, 4) is 0 Å². The molecular formula is C13H15N3OS. The summed E-state index contributed by atoms with van der Waals surface area (Å²) in [7, 11) is 0. The van der Waals surface area contributed by atoms with Crippen LogP contribution in [0.2, 0.25) is 0 Å². The number of hydrogen-bond donors (Lipinski definition) is 2. The molecule has 0 bridgehead atoms. The van der Waals surface area contributed by atoms with Crippen LogP contribution in [0, 0.1) is 0 Å². The van der Waals surface area contributed by atoms with Gasteiger partial charge in [0.05, 0.1) is 10.2 Å². The molecule has 0 aliphatic carbocycles. The van der Waals surface area contributed by atoms with E-state index < -0.39 is 0 Å². The fourth-order valence-corrected chi connectivity index (χ4v) is 3.06. The Kier molecular flexibility index (Phi) is 3.01. The van der Waals surface area contributed by atoms with Gasteiger partial charge in [-0.25, -0.2) is 0 Å². The van der Waals surface area contributed by atoms with Crippen LogP contribution in [-0.4, -0.2) is 23.5 Å². The number of carbonyl (C=O) groups excluding carboxylic acids is 1. The summed E-state index contributed by atoms with van der Waals surface area (Å²) in [5.41, 5.74) is 2.22. The van der Waals surface area contributed by atoms with Gasteiger partial charge in [0, 0.05) is 31.2 Å². The second-order valence-corrected chi connectivity index (χ2v) is 5.61. The molecule has 5 heteroatoms. The highest BCUT2D eigenvalue weighted by Gasteiger charge is 2.23. The average Bonchev–Trinajstić information content (AvgIpc) is 2.96. The van der Waals surface area contributed by atoms with Crippen molar-refractivity contribution in [2.45, 2.75) is 25.4 Å². The lowest BCUT2D eigenvalue weighted by molar-refractivity contribution is -0.119. The lowest BCUT2D eigenvalue weighted by Gasteiger charge is -2.18. The van der Waals surface area contributed by atoms with E-state index >= 15 is 0 Å². The molecule has 2 aromatic heterocycles. The van der Waals surface area contributed by atoms with Crippen molar-refractivity contribution >= 4 is 27.5 Å². The zero-order valence-electron chi connectivity index (χ0n) is 10.1. The number of thiophene rings is 1. The first-order valence-corrected chi connectivity index (χ1v) is 6.96. The SMILES string of the molecule is CC(NC1CNC(=O)C1)c1cnc2ccsc2c1. The van der Waals surface area contributed by atoms with E-state index in [1.807, 2.05) is 12.3 Å². The highest BCUT2D eigenvalue weighted by molar-refractivity contribution is 7.17. The summed E-state index contributed by atoms with van der Waals surface area (Å²) in [6, 6.07) is 4.64. The summed E-state index contributed by atoms with van der Waals surface area (Å²) >= 11 is 1.71. The van der Waals surface area contributed by atoms with Gasteiger partial charge in [-0.1, -0.05) is 0 Å². The van der Waals surface area contributed by atoms with E-state index in [0.717, 1.165) is 12.1 Å². The van der Waals surface area contributed by atoms with Crippen LogP contribution in [0.15, 0.2) is 23.7 Å². The summed E-state index contributed by atoms with van der Waals surface area (Å²) < 4.78 is 1.21. The Balaban J connectivity index is 1.74. The lowest BCUT2D eigenvalue weighted by Crippen LogP contribution is -2.33. The third-order valence-electron chi connectivity index (χ3n) is 3.29.